The summed E-state index contributed by atoms with van der Waals surface area (Å²) in [6.07, 6.45) is 4.69. The van der Waals surface area contributed by atoms with Gasteiger partial charge in [0.25, 0.3) is 0 Å². The van der Waals surface area contributed by atoms with Gasteiger partial charge in [0.1, 0.15) is 0 Å². The maximum absolute atomic E-state index is 6.29. The Labute approximate surface area is 120 Å². The molecule has 1 aromatic rings. The van der Waals surface area contributed by atoms with Crippen LogP contribution in [0.5, 0.6) is 11.5 Å². The van der Waals surface area contributed by atoms with Crippen LogP contribution in [0.1, 0.15) is 30.4 Å². The van der Waals surface area contributed by atoms with Crippen LogP contribution in [0.3, 0.4) is 0 Å². The van der Waals surface area contributed by atoms with Gasteiger partial charge in [-0.25, -0.2) is 0 Å². The van der Waals surface area contributed by atoms with E-state index in [1.807, 2.05) is 13.0 Å². The van der Waals surface area contributed by atoms with Gasteiger partial charge in [0, 0.05) is 22.2 Å². The highest BCUT2D eigenvalue weighted by Gasteiger charge is 2.20. The minimum atomic E-state index is 0.506. The number of piperidine rings is 1. The first-order valence-corrected chi connectivity index (χ1v) is 7.18. The Kier molecular flexibility index (Phi) is 4.94. The average molecular weight is 284 g/mol. The Morgan fingerprint density at radius 3 is 2.58 bits per heavy atom. The lowest BCUT2D eigenvalue weighted by atomic mass is 9.96. The first-order valence-electron chi connectivity index (χ1n) is 6.80. The van der Waals surface area contributed by atoms with Gasteiger partial charge >= 0.3 is 0 Å². The fourth-order valence-corrected chi connectivity index (χ4v) is 2.95. The van der Waals surface area contributed by atoms with E-state index in [0.717, 1.165) is 40.6 Å². The first kappa shape index (κ1) is 14.5. The molecule has 1 atom stereocenters. The zero-order valence-corrected chi connectivity index (χ0v) is 12.6. The van der Waals surface area contributed by atoms with Crippen LogP contribution >= 0.6 is 11.6 Å². The molecule has 1 aliphatic heterocycles. The van der Waals surface area contributed by atoms with E-state index in [2.05, 4.69) is 5.32 Å². The van der Waals surface area contributed by atoms with Gasteiger partial charge in [-0.15, -0.1) is 0 Å². The molecule has 1 aromatic carbocycles. The highest BCUT2D eigenvalue weighted by atomic mass is 35.5. The van der Waals surface area contributed by atoms with Gasteiger partial charge in [-0.3, -0.25) is 0 Å². The summed E-state index contributed by atoms with van der Waals surface area (Å²) in [5.41, 5.74) is 2.05. The number of benzene rings is 1. The zero-order chi connectivity index (χ0) is 13.8. The van der Waals surface area contributed by atoms with Crippen molar-refractivity contribution in [2.45, 2.75) is 38.6 Å². The summed E-state index contributed by atoms with van der Waals surface area (Å²) < 4.78 is 11.0. The number of hydrogen-bond acceptors (Lipinski definition) is 3. The average Bonchev–Trinajstić information content (AvgIpc) is 2.43. The minimum Gasteiger partial charge on any atom is -0.493 e. The molecule has 1 fully saturated rings. The van der Waals surface area contributed by atoms with Crippen LogP contribution in [-0.4, -0.2) is 26.8 Å². The first-order chi connectivity index (χ1) is 9.17. The lowest BCUT2D eigenvalue weighted by Crippen LogP contribution is -2.35. The van der Waals surface area contributed by atoms with Crippen molar-refractivity contribution in [2.75, 3.05) is 20.8 Å². The second kappa shape index (κ2) is 6.49. The Balaban J connectivity index is 2.30. The lowest BCUT2D eigenvalue weighted by Gasteiger charge is -2.25. The molecule has 106 valence electrons. The Morgan fingerprint density at radius 2 is 2.00 bits per heavy atom. The molecule has 0 amide bonds. The standard InChI is InChI=1S/C15H22ClNO2/c1-10-13(16)9-11(15(19-3)14(10)18-2)8-12-6-4-5-7-17-12/h9,12,17H,4-8H2,1-3H3. The van der Waals surface area contributed by atoms with Crippen molar-refractivity contribution < 1.29 is 9.47 Å². The van der Waals surface area contributed by atoms with E-state index < -0.39 is 0 Å². The number of rotatable bonds is 4. The number of nitrogens with one attached hydrogen (secondary N) is 1. The van der Waals surface area contributed by atoms with Crippen molar-refractivity contribution in [3.8, 4) is 11.5 Å². The molecule has 0 bridgehead atoms. The van der Waals surface area contributed by atoms with Gasteiger partial charge < -0.3 is 14.8 Å². The van der Waals surface area contributed by atoms with Gasteiger partial charge in [-0.1, -0.05) is 18.0 Å². The van der Waals surface area contributed by atoms with E-state index in [0.29, 0.717) is 6.04 Å². The summed E-state index contributed by atoms with van der Waals surface area (Å²) in [6.45, 7) is 3.05. The summed E-state index contributed by atoms with van der Waals surface area (Å²) >= 11 is 6.29. The SMILES string of the molecule is COc1c(CC2CCCCN2)cc(Cl)c(C)c1OC. The smallest absolute Gasteiger partial charge is 0.165 e. The molecule has 1 unspecified atom stereocenters. The minimum absolute atomic E-state index is 0.506. The van der Waals surface area contributed by atoms with Crippen LogP contribution in [0.4, 0.5) is 0 Å². The third-order valence-electron chi connectivity index (χ3n) is 3.78. The van der Waals surface area contributed by atoms with Crippen LogP contribution < -0.4 is 14.8 Å². The summed E-state index contributed by atoms with van der Waals surface area (Å²) in [5.74, 6) is 1.57. The van der Waals surface area contributed by atoms with Crippen molar-refractivity contribution >= 4 is 11.6 Å². The van der Waals surface area contributed by atoms with E-state index in [-0.39, 0.29) is 0 Å². The molecule has 3 nitrogen and oxygen atoms in total. The molecule has 0 aromatic heterocycles. The van der Waals surface area contributed by atoms with Gasteiger partial charge in [0.2, 0.25) is 0 Å². The molecule has 1 heterocycles. The van der Waals surface area contributed by atoms with Crippen molar-refractivity contribution in [3.05, 3.63) is 22.2 Å². The molecule has 1 N–H and O–H groups in total. The third-order valence-corrected chi connectivity index (χ3v) is 4.18. The fourth-order valence-electron chi connectivity index (χ4n) is 2.74. The van der Waals surface area contributed by atoms with Gasteiger partial charge in [-0.2, -0.15) is 0 Å². The van der Waals surface area contributed by atoms with E-state index in [4.69, 9.17) is 21.1 Å². The fraction of sp³-hybridized carbons (Fsp3) is 0.600. The summed E-state index contributed by atoms with van der Waals surface area (Å²) in [7, 11) is 3.34. The number of halogens is 1. The molecule has 0 saturated carbocycles. The van der Waals surface area contributed by atoms with E-state index in [1.54, 1.807) is 14.2 Å². The van der Waals surface area contributed by atoms with E-state index in [1.165, 1.54) is 19.3 Å². The van der Waals surface area contributed by atoms with Gasteiger partial charge in [0.05, 0.1) is 14.2 Å². The van der Waals surface area contributed by atoms with Crippen LogP contribution in [0, 0.1) is 6.92 Å². The molecule has 0 aliphatic carbocycles. The summed E-state index contributed by atoms with van der Waals surface area (Å²) in [5, 5.41) is 4.29. The number of hydrogen-bond donors (Lipinski definition) is 1. The summed E-state index contributed by atoms with van der Waals surface area (Å²) in [4.78, 5) is 0. The van der Waals surface area contributed by atoms with Crippen LogP contribution in [0.2, 0.25) is 5.02 Å². The molecular weight excluding hydrogens is 262 g/mol. The highest BCUT2D eigenvalue weighted by molar-refractivity contribution is 6.31. The molecule has 0 radical (unpaired) electrons. The topological polar surface area (TPSA) is 30.5 Å². The Bertz CT molecular complexity index is 442. The van der Waals surface area contributed by atoms with Crippen LogP contribution in [0.25, 0.3) is 0 Å². The second-order valence-electron chi connectivity index (χ2n) is 5.06. The Hall–Kier alpha value is -0.930. The quantitative estimate of drug-likeness (QED) is 0.919. The lowest BCUT2D eigenvalue weighted by molar-refractivity contribution is 0.344. The molecule has 1 aliphatic rings. The number of methoxy groups -OCH3 is 2. The van der Waals surface area contributed by atoms with Crippen molar-refractivity contribution in [1.29, 1.82) is 0 Å². The van der Waals surface area contributed by atoms with Crippen molar-refractivity contribution in [1.82, 2.24) is 5.32 Å². The maximum atomic E-state index is 6.29. The maximum Gasteiger partial charge on any atom is 0.165 e. The molecule has 4 heteroatoms. The van der Waals surface area contributed by atoms with Crippen LogP contribution in [0.15, 0.2) is 6.07 Å². The highest BCUT2D eigenvalue weighted by Crippen LogP contribution is 2.39. The normalized spacial score (nSPS) is 19.3. The summed E-state index contributed by atoms with van der Waals surface area (Å²) in [6, 6.07) is 2.51. The predicted octanol–water partition coefficient (Wildman–Crippen LogP) is 3.35. The molecule has 2 rings (SSSR count). The van der Waals surface area contributed by atoms with Gasteiger partial charge in [0.15, 0.2) is 11.5 Å². The Morgan fingerprint density at radius 1 is 1.26 bits per heavy atom. The molecule has 0 spiro atoms. The van der Waals surface area contributed by atoms with Crippen molar-refractivity contribution in [3.63, 3.8) is 0 Å². The number of ether oxygens (including phenoxy) is 2. The molecule has 19 heavy (non-hydrogen) atoms. The zero-order valence-electron chi connectivity index (χ0n) is 11.9. The van der Waals surface area contributed by atoms with E-state index in [9.17, 15) is 0 Å². The van der Waals surface area contributed by atoms with Crippen LogP contribution in [-0.2, 0) is 6.42 Å². The van der Waals surface area contributed by atoms with Gasteiger partial charge in [-0.05, 0) is 38.8 Å². The van der Waals surface area contributed by atoms with E-state index >= 15 is 0 Å². The second-order valence-corrected chi connectivity index (χ2v) is 5.47. The van der Waals surface area contributed by atoms with Crippen molar-refractivity contribution in [2.24, 2.45) is 0 Å². The monoisotopic (exact) mass is 283 g/mol. The predicted molar refractivity (Wildman–Crippen MR) is 78.6 cm³/mol. The molecule has 1 saturated heterocycles. The molecular formula is C15H22ClNO2. The third kappa shape index (κ3) is 3.15. The largest absolute Gasteiger partial charge is 0.493 e.